The molecule has 0 atom stereocenters. The lowest BCUT2D eigenvalue weighted by Crippen LogP contribution is -1.99. The summed E-state index contributed by atoms with van der Waals surface area (Å²) in [4.78, 5) is 10.2. The highest BCUT2D eigenvalue weighted by atomic mass is 35.5. The van der Waals surface area contributed by atoms with E-state index in [1.165, 1.54) is 6.07 Å². The van der Waals surface area contributed by atoms with Crippen molar-refractivity contribution in [1.29, 1.82) is 0 Å². The Morgan fingerprint density at radius 2 is 2.19 bits per heavy atom. The maximum atomic E-state index is 10.7. The second-order valence-electron chi connectivity index (χ2n) is 3.48. The van der Waals surface area contributed by atoms with Gasteiger partial charge >= 0.3 is 0 Å². The number of unbranched alkanes of at least 4 members (excludes halogenated alkanes) is 1. The first-order valence-electron chi connectivity index (χ1n) is 5.14. The number of nitro benzene ring substituents is 1. The largest absolute Gasteiger partial charge is 0.492 e. The van der Waals surface area contributed by atoms with E-state index in [-0.39, 0.29) is 5.69 Å². The van der Waals surface area contributed by atoms with Crippen LogP contribution in [0.5, 0.6) is 5.75 Å². The van der Waals surface area contributed by atoms with Crippen molar-refractivity contribution in [3.05, 3.63) is 32.8 Å². The third-order valence-corrected chi connectivity index (χ3v) is 2.74. The monoisotopic (exact) mass is 243 g/mol. The first kappa shape index (κ1) is 12.8. The van der Waals surface area contributed by atoms with Gasteiger partial charge in [-0.25, -0.2) is 0 Å². The minimum absolute atomic E-state index is 0.0211. The van der Waals surface area contributed by atoms with Gasteiger partial charge in [0.25, 0.3) is 5.69 Å². The SMILES string of the molecule is CCCCOc1ccc([N+](=O)[O-])c(C)c1Cl. The van der Waals surface area contributed by atoms with Crippen molar-refractivity contribution >= 4 is 17.3 Å². The zero-order valence-electron chi connectivity index (χ0n) is 9.33. The Morgan fingerprint density at radius 1 is 1.50 bits per heavy atom. The number of benzene rings is 1. The fourth-order valence-corrected chi connectivity index (χ4v) is 1.50. The van der Waals surface area contributed by atoms with E-state index in [0.29, 0.717) is 22.9 Å². The summed E-state index contributed by atoms with van der Waals surface area (Å²) in [6, 6.07) is 2.96. The molecule has 0 aromatic heterocycles. The molecule has 88 valence electrons. The number of ether oxygens (including phenoxy) is 1. The quantitative estimate of drug-likeness (QED) is 0.450. The second-order valence-corrected chi connectivity index (χ2v) is 3.86. The highest BCUT2D eigenvalue weighted by Crippen LogP contribution is 2.33. The molecule has 0 fully saturated rings. The van der Waals surface area contributed by atoms with Gasteiger partial charge < -0.3 is 4.74 Å². The zero-order valence-corrected chi connectivity index (χ0v) is 10.1. The third-order valence-electron chi connectivity index (χ3n) is 2.27. The van der Waals surface area contributed by atoms with Gasteiger partial charge in [-0.2, -0.15) is 0 Å². The van der Waals surface area contributed by atoms with Crippen molar-refractivity contribution in [2.75, 3.05) is 6.61 Å². The molecule has 0 saturated heterocycles. The Morgan fingerprint density at radius 3 is 2.75 bits per heavy atom. The van der Waals surface area contributed by atoms with Crippen LogP contribution >= 0.6 is 11.6 Å². The van der Waals surface area contributed by atoms with Crippen molar-refractivity contribution in [2.24, 2.45) is 0 Å². The Bertz CT molecular complexity index is 393. The topological polar surface area (TPSA) is 52.4 Å². The van der Waals surface area contributed by atoms with E-state index in [1.807, 2.05) is 0 Å². The van der Waals surface area contributed by atoms with Gasteiger partial charge in [0.2, 0.25) is 0 Å². The number of rotatable bonds is 5. The van der Waals surface area contributed by atoms with E-state index in [1.54, 1.807) is 13.0 Å². The molecule has 0 heterocycles. The minimum Gasteiger partial charge on any atom is -0.492 e. The van der Waals surface area contributed by atoms with Crippen molar-refractivity contribution < 1.29 is 9.66 Å². The van der Waals surface area contributed by atoms with E-state index in [9.17, 15) is 10.1 Å². The van der Waals surface area contributed by atoms with Crippen LogP contribution in [0.3, 0.4) is 0 Å². The molecule has 5 heteroatoms. The molecule has 1 rings (SSSR count). The van der Waals surface area contributed by atoms with Gasteiger partial charge in [-0.15, -0.1) is 0 Å². The lowest BCUT2D eigenvalue weighted by Gasteiger charge is -2.09. The van der Waals surface area contributed by atoms with Gasteiger partial charge in [0.15, 0.2) is 0 Å². The molecule has 0 aliphatic rings. The van der Waals surface area contributed by atoms with Crippen molar-refractivity contribution in [3.8, 4) is 5.75 Å². The van der Waals surface area contributed by atoms with Crippen LogP contribution in [0.25, 0.3) is 0 Å². The molecule has 0 amide bonds. The summed E-state index contributed by atoms with van der Waals surface area (Å²) in [5.41, 5.74) is 0.466. The van der Waals surface area contributed by atoms with E-state index < -0.39 is 4.92 Å². The van der Waals surface area contributed by atoms with Gasteiger partial charge in [0.1, 0.15) is 5.75 Å². The van der Waals surface area contributed by atoms with Crippen molar-refractivity contribution in [2.45, 2.75) is 26.7 Å². The number of hydrogen-bond acceptors (Lipinski definition) is 3. The van der Waals surface area contributed by atoms with Gasteiger partial charge in [0.05, 0.1) is 16.6 Å². The smallest absolute Gasteiger partial charge is 0.274 e. The summed E-state index contributed by atoms with van der Waals surface area (Å²) >= 11 is 5.99. The lowest BCUT2D eigenvalue weighted by molar-refractivity contribution is -0.385. The first-order valence-corrected chi connectivity index (χ1v) is 5.52. The van der Waals surface area contributed by atoms with Crippen LogP contribution in [0.15, 0.2) is 12.1 Å². The van der Waals surface area contributed by atoms with Gasteiger partial charge in [-0.05, 0) is 19.4 Å². The number of nitro groups is 1. The molecular weight excluding hydrogens is 230 g/mol. The van der Waals surface area contributed by atoms with Crippen LogP contribution in [-0.2, 0) is 0 Å². The fourth-order valence-electron chi connectivity index (χ4n) is 1.29. The van der Waals surface area contributed by atoms with Crippen molar-refractivity contribution in [1.82, 2.24) is 0 Å². The highest BCUT2D eigenvalue weighted by molar-refractivity contribution is 6.33. The van der Waals surface area contributed by atoms with Crippen molar-refractivity contribution in [3.63, 3.8) is 0 Å². The minimum atomic E-state index is -0.447. The fraction of sp³-hybridized carbons (Fsp3) is 0.455. The Kier molecular flexibility index (Phi) is 4.55. The average molecular weight is 244 g/mol. The van der Waals surface area contributed by atoms with Gasteiger partial charge in [0, 0.05) is 11.6 Å². The highest BCUT2D eigenvalue weighted by Gasteiger charge is 2.16. The first-order chi connectivity index (χ1) is 7.57. The van der Waals surface area contributed by atoms with Crippen LogP contribution in [0, 0.1) is 17.0 Å². The van der Waals surface area contributed by atoms with E-state index in [2.05, 4.69) is 6.92 Å². The molecule has 0 aliphatic heterocycles. The third kappa shape index (κ3) is 2.85. The number of hydrogen-bond donors (Lipinski definition) is 0. The normalized spacial score (nSPS) is 10.2. The standard InChI is InChI=1S/C11H14ClNO3/c1-3-4-7-16-10-6-5-9(13(14)15)8(2)11(10)12/h5-6H,3-4,7H2,1-2H3. The molecular formula is C11H14ClNO3. The van der Waals surface area contributed by atoms with Crippen LogP contribution in [0.2, 0.25) is 5.02 Å². The molecule has 16 heavy (non-hydrogen) atoms. The van der Waals surface area contributed by atoms with Crippen LogP contribution < -0.4 is 4.74 Å². The van der Waals surface area contributed by atoms with Gasteiger partial charge in [-0.1, -0.05) is 24.9 Å². The summed E-state index contributed by atoms with van der Waals surface area (Å²) < 4.78 is 5.44. The maximum Gasteiger partial charge on any atom is 0.274 e. The molecule has 0 spiro atoms. The number of halogens is 1. The molecule has 0 unspecified atom stereocenters. The van der Waals surface area contributed by atoms with E-state index >= 15 is 0 Å². The van der Waals surface area contributed by atoms with Crippen LogP contribution in [0.1, 0.15) is 25.3 Å². The Labute approximate surface area is 99.3 Å². The molecule has 0 saturated carbocycles. The second kappa shape index (κ2) is 5.70. The molecule has 0 aliphatic carbocycles. The number of nitrogens with zero attached hydrogens (tertiary/aromatic N) is 1. The molecule has 0 radical (unpaired) electrons. The lowest BCUT2D eigenvalue weighted by atomic mass is 10.2. The Hall–Kier alpha value is -1.29. The van der Waals surface area contributed by atoms with E-state index in [4.69, 9.17) is 16.3 Å². The average Bonchev–Trinajstić information content (AvgIpc) is 2.24. The van der Waals surface area contributed by atoms with Crippen LogP contribution in [-0.4, -0.2) is 11.5 Å². The summed E-state index contributed by atoms with van der Waals surface area (Å²) in [6.07, 6.45) is 1.97. The van der Waals surface area contributed by atoms with Crippen LogP contribution in [0.4, 0.5) is 5.69 Å². The zero-order chi connectivity index (χ0) is 12.1. The van der Waals surface area contributed by atoms with Gasteiger partial charge in [-0.3, -0.25) is 10.1 Å². The predicted molar refractivity (Wildman–Crippen MR) is 63.2 cm³/mol. The molecule has 0 N–H and O–H groups in total. The summed E-state index contributed by atoms with van der Waals surface area (Å²) in [7, 11) is 0. The molecule has 0 bridgehead atoms. The summed E-state index contributed by atoms with van der Waals surface area (Å²) in [6.45, 7) is 4.26. The summed E-state index contributed by atoms with van der Waals surface area (Å²) in [5, 5.41) is 11.0. The maximum absolute atomic E-state index is 10.7. The van der Waals surface area contributed by atoms with E-state index in [0.717, 1.165) is 12.8 Å². The predicted octanol–water partition coefficient (Wildman–Crippen LogP) is 3.74. The summed E-state index contributed by atoms with van der Waals surface area (Å²) in [5.74, 6) is 0.512. The molecule has 1 aromatic carbocycles. The Balaban J connectivity index is 2.89. The molecule has 1 aromatic rings. The molecule has 4 nitrogen and oxygen atoms in total.